The molecule has 0 saturated heterocycles. The van der Waals surface area contributed by atoms with Gasteiger partial charge in [0.1, 0.15) is 0 Å². The van der Waals surface area contributed by atoms with Gasteiger partial charge in [0, 0.05) is 42.0 Å². The number of carboxylic acid groups (broad SMARTS) is 2. The minimum Gasteiger partial charge on any atom is -0.481 e. The molecule has 0 aliphatic rings. The van der Waals surface area contributed by atoms with E-state index in [0.717, 1.165) is 35.4 Å². The summed E-state index contributed by atoms with van der Waals surface area (Å²) in [4.78, 5) is 27.6. The fraction of sp³-hybridized carbons (Fsp3) is 0.167. The molecule has 25 heavy (non-hydrogen) atoms. The molecule has 0 aliphatic carbocycles. The van der Waals surface area contributed by atoms with E-state index in [-0.39, 0.29) is 5.56 Å². The van der Waals surface area contributed by atoms with Crippen LogP contribution in [-0.4, -0.2) is 38.7 Å². The Morgan fingerprint density at radius 3 is 2.60 bits per heavy atom. The van der Waals surface area contributed by atoms with E-state index in [1.807, 2.05) is 24.4 Å². The molecule has 130 valence electrons. The second kappa shape index (κ2) is 8.07. The molecule has 3 rings (SSSR count). The number of rotatable bonds is 4. The quantitative estimate of drug-likeness (QED) is 0.577. The van der Waals surface area contributed by atoms with Crippen LogP contribution in [0.5, 0.6) is 0 Å². The van der Waals surface area contributed by atoms with Crippen LogP contribution in [0.15, 0.2) is 42.9 Å². The van der Waals surface area contributed by atoms with Gasteiger partial charge in [-0.05, 0) is 42.3 Å². The summed E-state index contributed by atoms with van der Waals surface area (Å²) in [7, 11) is 0. The molecule has 2 heterocycles. The molecule has 2 aromatic heterocycles. The SMILES string of the molecule is CC(=O)O.NCCc1c[nH]c2ccc(-c3cnccc3C(=O)O)cc12. The molecule has 0 amide bonds. The highest BCUT2D eigenvalue weighted by atomic mass is 16.4. The minimum absolute atomic E-state index is 0.250. The van der Waals surface area contributed by atoms with Crippen molar-refractivity contribution in [2.45, 2.75) is 13.3 Å². The maximum atomic E-state index is 11.3. The Bertz CT molecular complexity index is 898. The Balaban J connectivity index is 0.000000511. The summed E-state index contributed by atoms with van der Waals surface area (Å²) in [5.74, 6) is -1.79. The van der Waals surface area contributed by atoms with Gasteiger partial charge < -0.3 is 20.9 Å². The van der Waals surface area contributed by atoms with Gasteiger partial charge in [-0.2, -0.15) is 0 Å². The highest BCUT2D eigenvalue weighted by molar-refractivity contribution is 5.97. The third-order valence-corrected chi connectivity index (χ3v) is 3.54. The first kappa shape index (κ1) is 18.2. The summed E-state index contributed by atoms with van der Waals surface area (Å²) in [5.41, 5.74) is 9.48. The summed E-state index contributed by atoms with van der Waals surface area (Å²) < 4.78 is 0. The lowest BCUT2D eigenvalue weighted by Crippen LogP contribution is -2.02. The average molecular weight is 341 g/mol. The lowest BCUT2D eigenvalue weighted by atomic mass is 9.99. The molecule has 7 nitrogen and oxygen atoms in total. The normalized spacial score (nSPS) is 10.2. The molecule has 0 spiro atoms. The van der Waals surface area contributed by atoms with Crippen molar-refractivity contribution in [1.29, 1.82) is 0 Å². The molecule has 0 atom stereocenters. The van der Waals surface area contributed by atoms with Gasteiger partial charge in [0.15, 0.2) is 0 Å². The maximum absolute atomic E-state index is 11.3. The van der Waals surface area contributed by atoms with E-state index in [4.69, 9.17) is 15.6 Å². The smallest absolute Gasteiger partial charge is 0.336 e. The Morgan fingerprint density at radius 2 is 1.96 bits per heavy atom. The van der Waals surface area contributed by atoms with Crippen molar-refractivity contribution in [1.82, 2.24) is 9.97 Å². The van der Waals surface area contributed by atoms with Crippen LogP contribution in [0.4, 0.5) is 0 Å². The van der Waals surface area contributed by atoms with Gasteiger partial charge in [0.25, 0.3) is 5.97 Å². The Morgan fingerprint density at radius 1 is 1.24 bits per heavy atom. The van der Waals surface area contributed by atoms with Crippen molar-refractivity contribution >= 4 is 22.8 Å². The van der Waals surface area contributed by atoms with Gasteiger partial charge in [-0.1, -0.05) is 6.07 Å². The van der Waals surface area contributed by atoms with E-state index in [0.29, 0.717) is 12.1 Å². The van der Waals surface area contributed by atoms with E-state index in [9.17, 15) is 9.90 Å². The van der Waals surface area contributed by atoms with Crippen LogP contribution in [-0.2, 0) is 11.2 Å². The first-order chi connectivity index (χ1) is 11.9. The predicted octanol–water partition coefficient (Wildman–Crippen LogP) is 2.52. The molecule has 0 unspecified atom stereocenters. The predicted molar refractivity (Wildman–Crippen MR) is 94.6 cm³/mol. The molecule has 0 fully saturated rings. The number of fused-ring (bicyclic) bond motifs is 1. The fourth-order valence-electron chi connectivity index (χ4n) is 2.52. The van der Waals surface area contributed by atoms with Crippen molar-refractivity contribution in [2.75, 3.05) is 6.54 Å². The van der Waals surface area contributed by atoms with Crippen LogP contribution < -0.4 is 5.73 Å². The lowest BCUT2D eigenvalue weighted by molar-refractivity contribution is -0.134. The minimum atomic E-state index is -0.955. The van der Waals surface area contributed by atoms with Gasteiger partial charge in [-0.3, -0.25) is 9.78 Å². The summed E-state index contributed by atoms with van der Waals surface area (Å²) >= 11 is 0. The van der Waals surface area contributed by atoms with Crippen molar-refractivity contribution in [3.8, 4) is 11.1 Å². The summed E-state index contributed by atoms with van der Waals surface area (Å²) in [6.45, 7) is 1.66. The number of H-pyrrole nitrogens is 1. The first-order valence-corrected chi connectivity index (χ1v) is 7.61. The van der Waals surface area contributed by atoms with Crippen LogP contribution in [0.3, 0.4) is 0 Å². The number of aromatic carboxylic acids is 1. The van der Waals surface area contributed by atoms with E-state index in [1.54, 1.807) is 6.20 Å². The van der Waals surface area contributed by atoms with E-state index in [1.165, 1.54) is 12.3 Å². The third kappa shape index (κ3) is 4.42. The number of nitrogens with zero attached hydrogens (tertiary/aromatic N) is 1. The average Bonchev–Trinajstić information content (AvgIpc) is 2.97. The topological polar surface area (TPSA) is 129 Å². The molecule has 7 heteroatoms. The number of benzene rings is 1. The van der Waals surface area contributed by atoms with Crippen molar-refractivity contribution < 1.29 is 19.8 Å². The maximum Gasteiger partial charge on any atom is 0.336 e. The van der Waals surface area contributed by atoms with Crippen LogP contribution >= 0.6 is 0 Å². The fourth-order valence-corrected chi connectivity index (χ4v) is 2.52. The molecule has 0 aliphatic heterocycles. The highest BCUT2D eigenvalue weighted by Crippen LogP contribution is 2.28. The van der Waals surface area contributed by atoms with E-state index < -0.39 is 11.9 Å². The lowest BCUT2D eigenvalue weighted by Gasteiger charge is -2.06. The van der Waals surface area contributed by atoms with Crippen LogP contribution in [0, 0.1) is 0 Å². The Labute approximate surface area is 144 Å². The summed E-state index contributed by atoms with van der Waals surface area (Å²) in [6.07, 6.45) is 5.80. The molecular formula is C18H19N3O4. The van der Waals surface area contributed by atoms with Crippen LogP contribution in [0.1, 0.15) is 22.8 Å². The Kier molecular flexibility index (Phi) is 5.86. The number of hydrogen-bond donors (Lipinski definition) is 4. The van der Waals surface area contributed by atoms with Gasteiger partial charge in [-0.25, -0.2) is 4.79 Å². The van der Waals surface area contributed by atoms with Crippen LogP contribution in [0.25, 0.3) is 22.0 Å². The number of carbonyl (C=O) groups is 2. The number of nitrogens with one attached hydrogen (secondary N) is 1. The first-order valence-electron chi connectivity index (χ1n) is 7.61. The highest BCUT2D eigenvalue weighted by Gasteiger charge is 2.13. The van der Waals surface area contributed by atoms with Crippen molar-refractivity contribution in [2.24, 2.45) is 5.73 Å². The van der Waals surface area contributed by atoms with E-state index >= 15 is 0 Å². The number of carboxylic acids is 2. The van der Waals surface area contributed by atoms with E-state index in [2.05, 4.69) is 9.97 Å². The Hall–Kier alpha value is -3.19. The standard InChI is InChI=1S/C16H15N3O2.C2H4O2/c17-5-3-11-8-19-15-2-1-10(7-13(11)15)14-9-18-6-4-12(14)16(20)21;1-2(3)4/h1-2,4,6-9,19H,3,5,17H2,(H,20,21);1H3,(H,3,4). The van der Waals surface area contributed by atoms with Gasteiger partial charge in [0.2, 0.25) is 0 Å². The summed E-state index contributed by atoms with van der Waals surface area (Å²) in [6, 6.07) is 7.35. The number of aromatic amines is 1. The van der Waals surface area contributed by atoms with Crippen LogP contribution in [0.2, 0.25) is 0 Å². The molecule has 0 bridgehead atoms. The third-order valence-electron chi connectivity index (χ3n) is 3.54. The van der Waals surface area contributed by atoms with Gasteiger partial charge in [0.05, 0.1) is 5.56 Å². The number of aromatic nitrogens is 2. The molecule has 0 radical (unpaired) electrons. The van der Waals surface area contributed by atoms with Crippen molar-refractivity contribution in [3.05, 3.63) is 54.0 Å². The van der Waals surface area contributed by atoms with Gasteiger partial charge in [-0.15, -0.1) is 0 Å². The molecule has 3 aromatic rings. The van der Waals surface area contributed by atoms with Crippen molar-refractivity contribution in [3.63, 3.8) is 0 Å². The molecule has 1 aromatic carbocycles. The van der Waals surface area contributed by atoms with Gasteiger partial charge >= 0.3 is 5.97 Å². The monoisotopic (exact) mass is 341 g/mol. The zero-order valence-corrected chi connectivity index (χ0v) is 13.7. The number of nitrogens with two attached hydrogens (primary N) is 1. The zero-order valence-electron chi connectivity index (χ0n) is 13.7. The summed E-state index contributed by atoms with van der Waals surface area (Å²) in [5, 5.41) is 17.8. The number of aliphatic carboxylic acids is 1. The largest absolute Gasteiger partial charge is 0.481 e. The zero-order chi connectivity index (χ0) is 18.4. The molecule has 5 N–H and O–H groups in total. The molecular weight excluding hydrogens is 322 g/mol. The number of pyridine rings is 1. The number of hydrogen-bond acceptors (Lipinski definition) is 4. The molecule has 0 saturated carbocycles. The second-order valence-electron chi connectivity index (χ2n) is 5.36. The second-order valence-corrected chi connectivity index (χ2v) is 5.36.